The summed E-state index contributed by atoms with van der Waals surface area (Å²) in [5.41, 5.74) is 10.4. The van der Waals surface area contributed by atoms with E-state index in [0.717, 1.165) is 20.8 Å². The summed E-state index contributed by atoms with van der Waals surface area (Å²) in [6, 6.07) is -0.368. The summed E-state index contributed by atoms with van der Waals surface area (Å²) in [6.45, 7) is 6.88. The summed E-state index contributed by atoms with van der Waals surface area (Å²) >= 11 is 0. The van der Waals surface area contributed by atoms with Crippen LogP contribution in [0.25, 0.3) is 0 Å². The van der Waals surface area contributed by atoms with Crippen molar-refractivity contribution in [2.24, 2.45) is 11.5 Å². The number of hydrogen-bond acceptors (Lipinski definition) is 6. The molecule has 2 unspecified atom stereocenters. The van der Waals surface area contributed by atoms with Gasteiger partial charge in [0.1, 0.15) is 0 Å². The normalized spacial score (nSPS) is 10.7. The SMILES string of the molecule is C=CC(O)C(N)CN.CC(=O)O.CC(=O)O.CC(=O)O. The van der Waals surface area contributed by atoms with Crippen molar-refractivity contribution in [3.05, 3.63) is 12.7 Å². The summed E-state index contributed by atoms with van der Waals surface area (Å²) in [5.74, 6) is -2.50. The van der Waals surface area contributed by atoms with Gasteiger partial charge < -0.3 is 31.9 Å². The predicted molar refractivity (Wildman–Crippen MR) is 73.2 cm³/mol. The highest BCUT2D eigenvalue weighted by molar-refractivity contribution is 5.63. The number of carbonyl (C=O) groups is 3. The van der Waals surface area contributed by atoms with E-state index < -0.39 is 24.0 Å². The molecule has 0 aromatic heterocycles. The topological polar surface area (TPSA) is 184 Å². The zero-order valence-corrected chi connectivity index (χ0v) is 11.8. The minimum absolute atomic E-state index is 0.285. The number of carboxylic acids is 3. The number of carboxylic acid groups (broad SMARTS) is 3. The first kappa shape index (κ1) is 26.6. The van der Waals surface area contributed by atoms with Gasteiger partial charge in [-0.25, -0.2) is 0 Å². The van der Waals surface area contributed by atoms with Gasteiger partial charge in [-0.15, -0.1) is 6.58 Å². The van der Waals surface area contributed by atoms with Crippen LogP contribution >= 0.6 is 0 Å². The molecule has 20 heavy (non-hydrogen) atoms. The van der Waals surface area contributed by atoms with E-state index in [1.807, 2.05) is 0 Å². The fourth-order valence-corrected chi connectivity index (χ4v) is 0.314. The van der Waals surface area contributed by atoms with E-state index in [1.54, 1.807) is 0 Å². The lowest BCUT2D eigenvalue weighted by atomic mass is 10.2. The van der Waals surface area contributed by atoms with Crippen molar-refractivity contribution < 1.29 is 34.8 Å². The Morgan fingerprint density at radius 2 is 1.25 bits per heavy atom. The molecule has 0 aromatic rings. The van der Waals surface area contributed by atoms with Crippen molar-refractivity contribution in [3.63, 3.8) is 0 Å². The second-order valence-electron chi connectivity index (χ2n) is 3.18. The smallest absolute Gasteiger partial charge is 0.300 e. The summed E-state index contributed by atoms with van der Waals surface area (Å²) in [5, 5.41) is 31.1. The van der Waals surface area contributed by atoms with E-state index in [2.05, 4.69) is 6.58 Å². The van der Waals surface area contributed by atoms with Crippen LogP contribution in [0.1, 0.15) is 20.8 Å². The molecule has 9 heteroatoms. The zero-order valence-electron chi connectivity index (χ0n) is 11.8. The van der Waals surface area contributed by atoms with Crippen LogP contribution in [0.2, 0.25) is 0 Å². The molecule has 0 aliphatic carbocycles. The van der Waals surface area contributed by atoms with Gasteiger partial charge in [-0.05, 0) is 0 Å². The second-order valence-corrected chi connectivity index (χ2v) is 3.18. The average Bonchev–Trinajstić information content (AvgIpc) is 2.24. The molecule has 0 radical (unpaired) electrons. The Hall–Kier alpha value is -1.97. The minimum Gasteiger partial charge on any atom is -0.481 e. The number of aliphatic hydroxyl groups is 1. The van der Waals surface area contributed by atoms with Gasteiger partial charge in [-0.3, -0.25) is 14.4 Å². The summed E-state index contributed by atoms with van der Waals surface area (Å²) < 4.78 is 0. The van der Waals surface area contributed by atoms with Crippen molar-refractivity contribution in [1.29, 1.82) is 0 Å². The first-order chi connectivity index (χ1) is 8.91. The maximum atomic E-state index is 9.00. The highest BCUT2D eigenvalue weighted by Crippen LogP contribution is 1.86. The Bertz CT molecular complexity index is 241. The van der Waals surface area contributed by atoms with Gasteiger partial charge in [-0.2, -0.15) is 0 Å². The minimum atomic E-state index is -0.833. The Labute approximate surface area is 117 Å². The Morgan fingerprint density at radius 3 is 1.30 bits per heavy atom. The maximum Gasteiger partial charge on any atom is 0.300 e. The van der Waals surface area contributed by atoms with Crippen molar-refractivity contribution >= 4 is 17.9 Å². The second kappa shape index (κ2) is 19.4. The number of hydrogen-bond donors (Lipinski definition) is 6. The molecule has 0 saturated carbocycles. The number of nitrogens with two attached hydrogens (primary N) is 2. The van der Waals surface area contributed by atoms with Crippen molar-refractivity contribution in [2.75, 3.05) is 6.54 Å². The lowest BCUT2D eigenvalue weighted by Gasteiger charge is -2.11. The molecule has 0 saturated heterocycles. The summed E-state index contributed by atoms with van der Waals surface area (Å²) in [7, 11) is 0. The predicted octanol–water partition coefficient (Wildman–Crippen LogP) is -0.908. The van der Waals surface area contributed by atoms with Gasteiger partial charge in [0, 0.05) is 33.4 Å². The molecule has 120 valence electrons. The summed E-state index contributed by atoms with van der Waals surface area (Å²) in [6.07, 6.45) is 0.706. The van der Waals surface area contributed by atoms with Crippen LogP contribution in [-0.4, -0.2) is 57.0 Å². The molecule has 0 bridgehead atoms. The Balaban J connectivity index is -0.0000000917. The van der Waals surface area contributed by atoms with Gasteiger partial charge in [-0.1, -0.05) is 6.08 Å². The van der Waals surface area contributed by atoms with Crippen LogP contribution in [0.15, 0.2) is 12.7 Å². The van der Waals surface area contributed by atoms with Crippen LogP contribution < -0.4 is 11.5 Å². The van der Waals surface area contributed by atoms with Crippen LogP contribution in [0, 0.1) is 0 Å². The quantitative estimate of drug-likeness (QED) is 0.359. The highest BCUT2D eigenvalue weighted by atomic mass is 16.4. The first-order valence-corrected chi connectivity index (χ1v) is 5.27. The molecule has 0 spiro atoms. The molecule has 0 aliphatic rings. The molecule has 0 amide bonds. The van der Waals surface area contributed by atoms with Crippen molar-refractivity contribution in [2.45, 2.75) is 32.9 Å². The van der Waals surface area contributed by atoms with E-state index in [1.165, 1.54) is 6.08 Å². The van der Waals surface area contributed by atoms with E-state index in [-0.39, 0.29) is 12.6 Å². The molecule has 0 heterocycles. The van der Waals surface area contributed by atoms with Crippen LogP contribution in [0.3, 0.4) is 0 Å². The fraction of sp³-hybridized carbons (Fsp3) is 0.545. The molecule has 9 nitrogen and oxygen atoms in total. The monoisotopic (exact) mass is 296 g/mol. The van der Waals surface area contributed by atoms with Gasteiger partial charge in [0.05, 0.1) is 6.10 Å². The highest BCUT2D eigenvalue weighted by Gasteiger charge is 2.06. The maximum absolute atomic E-state index is 9.00. The third kappa shape index (κ3) is 99.6. The van der Waals surface area contributed by atoms with Crippen LogP contribution in [0.4, 0.5) is 0 Å². The molecule has 8 N–H and O–H groups in total. The number of aliphatic carboxylic acids is 3. The third-order valence-electron chi connectivity index (χ3n) is 0.952. The van der Waals surface area contributed by atoms with Crippen LogP contribution in [0.5, 0.6) is 0 Å². The third-order valence-corrected chi connectivity index (χ3v) is 0.952. The summed E-state index contributed by atoms with van der Waals surface area (Å²) in [4.78, 5) is 27.0. The molecule has 0 fully saturated rings. The van der Waals surface area contributed by atoms with Crippen molar-refractivity contribution in [3.8, 4) is 0 Å². The van der Waals surface area contributed by atoms with Gasteiger partial charge >= 0.3 is 0 Å². The number of rotatable bonds is 3. The van der Waals surface area contributed by atoms with Gasteiger partial charge in [0.2, 0.25) is 0 Å². The van der Waals surface area contributed by atoms with E-state index in [4.69, 9.17) is 46.3 Å². The first-order valence-electron chi connectivity index (χ1n) is 5.27. The Morgan fingerprint density at radius 1 is 1.05 bits per heavy atom. The largest absolute Gasteiger partial charge is 0.481 e. The Kier molecular flexibility index (Phi) is 25.7. The van der Waals surface area contributed by atoms with Crippen molar-refractivity contribution in [1.82, 2.24) is 0 Å². The molecular weight excluding hydrogens is 272 g/mol. The lowest BCUT2D eigenvalue weighted by molar-refractivity contribution is -0.135. The van der Waals surface area contributed by atoms with Gasteiger partial charge in [0.15, 0.2) is 0 Å². The van der Waals surface area contributed by atoms with E-state index in [0.29, 0.717) is 0 Å². The molecule has 0 rings (SSSR count). The van der Waals surface area contributed by atoms with Crippen LogP contribution in [-0.2, 0) is 14.4 Å². The molecule has 2 atom stereocenters. The van der Waals surface area contributed by atoms with E-state index in [9.17, 15) is 0 Å². The molecular formula is C11H24N2O7. The molecule has 0 aliphatic heterocycles. The lowest BCUT2D eigenvalue weighted by Crippen LogP contribution is -2.39. The number of aliphatic hydroxyl groups excluding tert-OH is 1. The zero-order chi connectivity index (χ0) is 17.3. The fourth-order valence-electron chi connectivity index (χ4n) is 0.314. The molecule has 0 aromatic carbocycles. The van der Waals surface area contributed by atoms with Gasteiger partial charge in [0.25, 0.3) is 17.9 Å². The average molecular weight is 296 g/mol. The van der Waals surface area contributed by atoms with E-state index >= 15 is 0 Å². The standard InChI is InChI=1S/C5H12N2O.3C2H4O2/c1-2-5(8)4(7)3-6;3*1-2(3)4/h2,4-5,8H,1,3,6-7H2;3*1H3,(H,3,4).